The second kappa shape index (κ2) is 31.5. The quantitative estimate of drug-likeness (QED) is 0.0329. The predicted molar refractivity (Wildman–Crippen MR) is 263 cm³/mol. The molecule has 62 heavy (non-hydrogen) atoms. The molecule has 0 atom stereocenters. The molecular weight excluding hydrogens is 769 g/mol. The van der Waals surface area contributed by atoms with Crippen molar-refractivity contribution in [1.29, 1.82) is 0 Å². The first-order valence-corrected chi connectivity index (χ1v) is 25.6. The third-order valence-corrected chi connectivity index (χ3v) is 11.7. The lowest BCUT2D eigenvalue weighted by atomic mass is 10.0. The van der Waals surface area contributed by atoms with Crippen molar-refractivity contribution in [3.05, 3.63) is 48.5 Å². The van der Waals surface area contributed by atoms with E-state index < -0.39 is 0 Å². The van der Waals surface area contributed by atoms with Gasteiger partial charge in [-0.05, 0) is 67.2 Å². The van der Waals surface area contributed by atoms with Gasteiger partial charge in [0.05, 0.1) is 13.2 Å². The molecule has 0 saturated heterocycles. The van der Waals surface area contributed by atoms with Gasteiger partial charge in [0.25, 0.3) is 0 Å². The lowest BCUT2D eigenvalue weighted by Gasteiger charge is -2.19. The second-order valence-corrected chi connectivity index (χ2v) is 20.0. The number of hydrogen-bond donors (Lipinski definition) is 0. The number of hydrogen-bond acceptors (Lipinski definition) is 6. The number of unbranched alkanes of at least 4 members (excludes halogenated alkanes) is 26. The molecule has 6 nitrogen and oxygen atoms in total. The highest BCUT2D eigenvalue weighted by atomic mass is 16.6. The molecule has 0 N–H and O–H groups in total. The normalized spacial score (nSPS) is 12.0. The van der Waals surface area contributed by atoms with E-state index in [-0.39, 0.29) is 23.1 Å². The average Bonchev–Trinajstić information content (AvgIpc) is 3.22. The SMILES string of the molecule is CC(C)(C)OC(=O)CCCCCCCCCCCCCCCCOc1c2ccccc2c(OCCCCCCCCCCCCCCCCC(=O)OC(C)(C)C)c2ccccc12. The van der Waals surface area contributed by atoms with Crippen molar-refractivity contribution < 1.29 is 28.5 Å². The van der Waals surface area contributed by atoms with Gasteiger partial charge in [0, 0.05) is 34.4 Å². The van der Waals surface area contributed by atoms with Crippen molar-refractivity contribution >= 4 is 33.5 Å². The van der Waals surface area contributed by atoms with Gasteiger partial charge in [-0.25, -0.2) is 0 Å². The number of ether oxygens (including phenoxy) is 4. The Morgan fingerprint density at radius 2 is 0.548 bits per heavy atom. The van der Waals surface area contributed by atoms with E-state index in [4.69, 9.17) is 18.9 Å². The fourth-order valence-electron chi connectivity index (χ4n) is 8.48. The number of benzene rings is 3. The molecule has 0 aliphatic rings. The summed E-state index contributed by atoms with van der Waals surface area (Å²) in [6, 6.07) is 17.2. The van der Waals surface area contributed by atoms with Crippen LogP contribution < -0.4 is 9.47 Å². The van der Waals surface area contributed by atoms with Crippen LogP contribution >= 0.6 is 0 Å². The Hall–Kier alpha value is -3.28. The van der Waals surface area contributed by atoms with E-state index in [0.29, 0.717) is 12.8 Å². The number of carbonyl (C=O) groups excluding carboxylic acids is 2. The zero-order valence-electron chi connectivity index (χ0n) is 40.7. The van der Waals surface area contributed by atoms with E-state index in [0.717, 1.165) is 84.8 Å². The molecule has 3 aromatic carbocycles. The van der Waals surface area contributed by atoms with Crippen molar-refractivity contribution in [3.8, 4) is 11.5 Å². The van der Waals surface area contributed by atoms with Gasteiger partial charge in [0.2, 0.25) is 0 Å². The van der Waals surface area contributed by atoms with Gasteiger partial charge < -0.3 is 18.9 Å². The predicted octanol–water partition coefficient (Wildman–Crippen LogP) is 17.1. The van der Waals surface area contributed by atoms with Crippen LogP contribution in [0.5, 0.6) is 11.5 Å². The van der Waals surface area contributed by atoms with Gasteiger partial charge in [-0.15, -0.1) is 0 Å². The van der Waals surface area contributed by atoms with Crippen LogP contribution in [-0.2, 0) is 19.1 Å². The largest absolute Gasteiger partial charge is 0.492 e. The Labute approximate surface area is 379 Å². The zero-order valence-corrected chi connectivity index (χ0v) is 40.7. The molecule has 0 bridgehead atoms. The van der Waals surface area contributed by atoms with Crippen LogP contribution in [0.2, 0.25) is 0 Å². The van der Waals surface area contributed by atoms with Gasteiger partial charge in [-0.3, -0.25) is 9.59 Å². The Kier molecular flexibility index (Phi) is 27.0. The maximum Gasteiger partial charge on any atom is 0.306 e. The standard InChI is InChI=1S/C56H90O6/c1-55(2,3)61-51(57)43-31-27-23-19-15-11-7-9-13-17-21-25-29-37-45-59-53-47-39-33-35-41-49(47)54(50-42-36-34-40-48(50)53)60-46-38-30-26-22-18-14-10-8-12-16-20-24-28-32-44-52(58)62-56(4,5)6/h33-36,39-42H,7-32,37-38,43-46H2,1-6H3. The van der Waals surface area contributed by atoms with Crippen LogP contribution in [0.3, 0.4) is 0 Å². The molecule has 350 valence electrons. The van der Waals surface area contributed by atoms with Crippen molar-refractivity contribution in [2.45, 2.75) is 245 Å². The molecule has 0 aliphatic heterocycles. The van der Waals surface area contributed by atoms with E-state index in [9.17, 15) is 9.59 Å². The minimum absolute atomic E-state index is 0.0596. The minimum Gasteiger partial charge on any atom is -0.492 e. The molecule has 0 aromatic heterocycles. The Morgan fingerprint density at radius 3 is 0.774 bits per heavy atom. The van der Waals surface area contributed by atoms with Crippen molar-refractivity contribution in [1.82, 2.24) is 0 Å². The van der Waals surface area contributed by atoms with Crippen molar-refractivity contribution in [3.63, 3.8) is 0 Å². The molecule has 0 aliphatic carbocycles. The molecule has 3 rings (SSSR count). The third-order valence-electron chi connectivity index (χ3n) is 11.7. The molecular formula is C56H90O6. The fourth-order valence-corrected chi connectivity index (χ4v) is 8.48. The van der Waals surface area contributed by atoms with Crippen molar-refractivity contribution in [2.75, 3.05) is 13.2 Å². The van der Waals surface area contributed by atoms with Gasteiger partial charge >= 0.3 is 11.9 Å². The summed E-state index contributed by atoms with van der Waals surface area (Å²) in [4.78, 5) is 23.6. The Bertz CT molecular complexity index is 1450. The average molecular weight is 859 g/mol. The van der Waals surface area contributed by atoms with Crippen LogP contribution in [-0.4, -0.2) is 36.4 Å². The molecule has 0 fully saturated rings. The van der Waals surface area contributed by atoms with Gasteiger partial charge in [-0.2, -0.15) is 0 Å². The first-order valence-electron chi connectivity index (χ1n) is 25.6. The van der Waals surface area contributed by atoms with E-state index in [1.54, 1.807) is 0 Å². The first kappa shape index (κ1) is 53.1. The lowest BCUT2D eigenvalue weighted by molar-refractivity contribution is -0.156. The monoisotopic (exact) mass is 859 g/mol. The summed E-state index contributed by atoms with van der Waals surface area (Å²) < 4.78 is 24.0. The highest BCUT2D eigenvalue weighted by Crippen LogP contribution is 2.43. The van der Waals surface area contributed by atoms with Crippen LogP contribution in [0.4, 0.5) is 0 Å². The molecule has 0 heterocycles. The maximum absolute atomic E-state index is 11.8. The molecule has 0 saturated carbocycles. The van der Waals surface area contributed by atoms with Crippen LogP contribution in [0.1, 0.15) is 234 Å². The Morgan fingerprint density at radius 1 is 0.339 bits per heavy atom. The minimum atomic E-state index is -0.373. The van der Waals surface area contributed by atoms with Crippen LogP contribution in [0.15, 0.2) is 48.5 Å². The highest BCUT2D eigenvalue weighted by Gasteiger charge is 2.18. The fraction of sp³-hybridized carbons (Fsp3) is 0.714. The van der Waals surface area contributed by atoms with Gasteiger partial charge in [-0.1, -0.05) is 203 Å². The molecule has 0 unspecified atom stereocenters. The number of carbonyl (C=O) groups is 2. The molecule has 6 heteroatoms. The third kappa shape index (κ3) is 24.5. The second-order valence-electron chi connectivity index (χ2n) is 20.0. The van der Waals surface area contributed by atoms with E-state index in [2.05, 4.69) is 48.5 Å². The summed E-state index contributed by atoms with van der Waals surface area (Å²) in [5, 5.41) is 4.59. The van der Waals surface area contributed by atoms with E-state index in [1.165, 1.54) is 141 Å². The van der Waals surface area contributed by atoms with Gasteiger partial charge in [0.15, 0.2) is 0 Å². The number of fused-ring (bicyclic) bond motifs is 2. The van der Waals surface area contributed by atoms with Gasteiger partial charge in [0.1, 0.15) is 22.7 Å². The maximum atomic E-state index is 11.8. The summed E-state index contributed by atoms with van der Waals surface area (Å²) in [7, 11) is 0. The Balaban J connectivity index is 1.20. The lowest BCUT2D eigenvalue weighted by Crippen LogP contribution is -2.23. The summed E-state index contributed by atoms with van der Waals surface area (Å²) in [5.41, 5.74) is -0.746. The van der Waals surface area contributed by atoms with Crippen LogP contribution in [0.25, 0.3) is 21.5 Å². The molecule has 3 aromatic rings. The first-order chi connectivity index (χ1) is 29.9. The summed E-state index contributed by atoms with van der Waals surface area (Å²) >= 11 is 0. The molecule has 0 radical (unpaired) electrons. The smallest absolute Gasteiger partial charge is 0.306 e. The summed E-state index contributed by atoms with van der Waals surface area (Å²) in [6.45, 7) is 13.1. The zero-order chi connectivity index (χ0) is 44.7. The van der Waals surface area contributed by atoms with Crippen LogP contribution in [0, 0.1) is 0 Å². The van der Waals surface area contributed by atoms with Crippen molar-refractivity contribution in [2.24, 2.45) is 0 Å². The van der Waals surface area contributed by atoms with E-state index in [1.807, 2.05) is 41.5 Å². The molecule has 0 spiro atoms. The highest BCUT2D eigenvalue weighted by molar-refractivity contribution is 6.11. The topological polar surface area (TPSA) is 71.1 Å². The summed E-state index contributed by atoms with van der Waals surface area (Å²) in [5.74, 6) is 1.87. The number of esters is 2. The van der Waals surface area contributed by atoms with E-state index >= 15 is 0 Å². The summed E-state index contributed by atoms with van der Waals surface area (Å²) in [6.07, 6.45) is 36.2. The molecule has 0 amide bonds. The number of rotatable bonds is 36.